The fraction of sp³-hybridized carbons (Fsp3) is 0.600. The zero-order valence-corrected chi connectivity index (χ0v) is 10.9. The SMILES string of the molecule is CCC(C)(O)C1CCCCN1c1ccccc1. The van der Waals surface area contributed by atoms with E-state index in [0.29, 0.717) is 0 Å². The third-order valence-corrected chi connectivity index (χ3v) is 4.02. The number of benzene rings is 1. The number of rotatable bonds is 3. The molecule has 1 N–H and O–H groups in total. The summed E-state index contributed by atoms with van der Waals surface area (Å²) in [5.74, 6) is 0. The predicted octanol–water partition coefficient (Wildman–Crippen LogP) is 3.21. The Hall–Kier alpha value is -1.02. The normalized spacial score (nSPS) is 24.4. The summed E-state index contributed by atoms with van der Waals surface area (Å²) in [6.07, 6.45) is 4.35. The average molecular weight is 233 g/mol. The molecule has 0 bridgehead atoms. The molecule has 0 radical (unpaired) electrons. The lowest BCUT2D eigenvalue weighted by Gasteiger charge is -2.45. The van der Waals surface area contributed by atoms with Gasteiger partial charge < -0.3 is 10.0 Å². The molecule has 2 heteroatoms. The first kappa shape index (κ1) is 12.4. The fourth-order valence-electron chi connectivity index (χ4n) is 2.74. The maximum Gasteiger partial charge on any atom is 0.0819 e. The minimum Gasteiger partial charge on any atom is -0.388 e. The maximum atomic E-state index is 10.5. The number of anilines is 1. The van der Waals surface area contributed by atoms with Crippen molar-refractivity contribution in [3.63, 3.8) is 0 Å². The molecule has 94 valence electrons. The van der Waals surface area contributed by atoms with Gasteiger partial charge in [-0.05, 0) is 44.7 Å². The van der Waals surface area contributed by atoms with Crippen LogP contribution in [-0.4, -0.2) is 23.3 Å². The molecule has 1 aromatic carbocycles. The second kappa shape index (κ2) is 5.09. The van der Waals surface area contributed by atoms with E-state index in [1.807, 2.05) is 13.0 Å². The third kappa shape index (κ3) is 2.63. The minimum absolute atomic E-state index is 0.253. The van der Waals surface area contributed by atoms with Gasteiger partial charge in [0.2, 0.25) is 0 Å². The van der Waals surface area contributed by atoms with Crippen molar-refractivity contribution in [1.82, 2.24) is 0 Å². The van der Waals surface area contributed by atoms with Gasteiger partial charge in [0, 0.05) is 12.2 Å². The van der Waals surface area contributed by atoms with E-state index < -0.39 is 5.60 Å². The second-order valence-electron chi connectivity index (χ2n) is 5.25. The fourth-order valence-corrected chi connectivity index (χ4v) is 2.74. The lowest BCUT2D eigenvalue weighted by Crippen LogP contribution is -2.53. The molecule has 1 aromatic rings. The Balaban J connectivity index is 2.24. The van der Waals surface area contributed by atoms with Crippen LogP contribution in [0.2, 0.25) is 0 Å². The van der Waals surface area contributed by atoms with Crippen molar-refractivity contribution in [1.29, 1.82) is 0 Å². The van der Waals surface area contributed by atoms with Gasteiger partial charge in [-0.1, -0.05) is 25.1 Å². The van der Waals surface area contributed by atoms with Crippen LogP contribution in [0.3, 0.4) is 0 Å². The van der Waals surface area contributed by atoms with Crippen LogP contribution in [0.15, 0.2) is 30.3 Å². The van der Waals surface area contributed by atoms with Gasteiger partial charge in [-0.3, -0.25) is 0 Å². The van der Waals surface area contributed by atoms with Gasteiger partial charge in [-0.2, -0.15) is 0 Å². The molecule has 0 saturated carbocycles. The van der Waals surface area contributed by atoms with E-state index in [1.165, 1.54) is 18.5 Å². The van der Waals surface area contributed by atoms with Crippen LogP contribution >= 0.6 is 0 Å². The van der Waals surface area contributed by atoms with Gasteiger partial charge >= 0.3 is 0 Å². The third-order valence-electron chi connectivity index (χ3n) is 4.02. The van der Waals surface area contributed by atoms with Crippen LogP contribution in [0.1, 0.15) is 39.5 Å². The van der Waals surface area contributed by atoms with Gasteiger partial charge in [0.25, 0.3) is 0 Å². The molecule has 0 amide bonds. The summed E-state index contributed by atoms with van der Waals surface area (Å²) in [7, 11) is 0. The van der Waals surface area contributed by atoms with E-state index in [0.717, 1.165) is 19.4 Å². The van der Waals surface area contributed by atoms with Crippen LogP contribution in [0, 0.1) is 0 Å². The molecule has 0 spiro atoms. The van der Waals surface area contributed by atoms with E-state index in [-0.39, 0.29) is 6.04 Å². The zero-order chi connectivity index (χ0) is 12.3. The van der Waals surface area contributed by atoms with Crippen LogP contribution in [-0.2, 0) is 0 Å². The molecule has 2 nitrogen and oxygen atoms in total. The average Bonchev–Trinajstić information content (AvgIpc) is 2.40. The van der Waals surface area contributed by atoms with Crippen molar-refractivity contribution < 1.29 is 5.11 Å². The molecule has 2 unspecified atom stereocenters. The van der Waals surface area contributed by atoms with Crippen LogP contribution in [0.4, 0.5) is 5.69 Å². The smallest absolute Gasteiger partial charge is 0.0819 e. The molecule has 0 aliphatic carbocycles. The number of nitrogens with zero attached hydrogens (tertiary/aromatic N) is 1. The Morgan fingerprint density at radius 1 is 1.29 bits per heavy atom. The number of hydrogen-bond donors (Lipinski definition) is 1. The molecular weight excluding hydrogens is 210 g/mol. The number of aliphatic hydroxyl groups is 1. The van der Waals surface area contributed by atoms with Gasteiger partial charge in [-0.25, -0.2) is 0 Å². The summed E-state index contributed by atoms with van der Waals surface area (Å²) >= 11 is 0. The highest BCUT2D eigenvalue weighted by Crippen LogP contribution is 2.32. The van der Waals surface area contributed by atoms with Gasteiger partial charge in [-0.15, -0.1) is 0 Å². The largest absolute Gasteiger partial charge is 0.388 e. The number of para-hydroxylation sites is 1. The van der Waals surface area contributed by atoms with E-state index in [4.69, 9.17) is 0 Å². The summed E-state index contributed by atoms with van der Waals surface area (Å²) in [5.41, 5.74) is 0.655. The van der Waals surface area contributed by atoms with Crippen molar-refractivity contribution in [3.8, 4) is 0 Å². The van der Waals surface area contributed by atoms with Crippen molar-refractivity contribution in [3.05, 3.63) is 30.3 Å². The standard InChI is InChI=1S/C15H23NO/c1-3-15(2,17)14-11-7-8-12-16(14)13-9-5-4-6-10-13/h4-6,9-10,14,17H,3,7-8,11-12H2,1-2H3. The van der Waals surface area contributed by atoms with Crippen molar-refractivity contribution >= 4 is 5.69 Å². The summed E-state index contributed by atoms with van der Waals surface area (Å²) < 4.78 is 0. The molecule has 1 aliphatic heterocycles. The summed E-state index contributed by atoms with van der Waals surface area (Å²) in [6.45, 7) is 5.10. The Morgan fingerprint density at radius 2 is 2.00 bits per heavy atom. The highest BCUT2D eigenvalue weighted by Gasteiger charge is 2.36. The first-order chi connectivity index (χ1) is 8.15. The number of hydrogen-bond acceptors (Lipinski definition) is 2. The minimum atomic E-state index is -0.587. The topological polar surface area (TPSA) is 23.5 Å². The number of piperidine rings is 1. The molecule has 1 aliphatic rings. The molecule has 17 heavy (non-hydrogen) atoms. The Labute approximate surface area is 104 Å². The van der Waals surface area contributed by atoms with Crippen molar-refractivity contribution in [2.24, 2.45) is 0 Å². The second-order valence-corrected chi connectivity index (χ2v) is 5.25. The van der Waals surface area contributed by atoms with Crippen LogP contribution < -0.4 is 4.90 Å². The lowest BCUT2D eigenvalue weighted by atomic mass is 9.85. The van der Waals surface area contributed by atoms with Crippen LogP contribution in [0.5, 0.6) is 0 Å². The van der Waals surface area contributed by atoms with E-state index in [2.05, 4.69) is 36.1 Å². The van der Waals surface area contributed by atoms with Gasteiger partial charge in [0.1, 0.15) is 0 Å². The predicted molar refractivity (Wildman–Crippen MR) is 72.3 cm³/mol. The zero-order valence-electron chi connectivity index (χ0n) is 10.9. The van der Waals surface area contributed by atoms with Gasteiger partial charge in [0.15, 0.2) is 0 Å². The maximum absolute atomic E-state index is 10.5. The summed E-state index contributed by atoms with van der Waals surface area (Å²) in [4.78, 5) is 2.38. The monoisotopic (exact) mass is 233 g/mol. The van der Waals surface area contributed by atoms with Crippen molar-refractivity contribution in [2.75, 3.05) is 11.4 Å². The van der Waals surface area contributed by atoms with Gasteiger partial charge in [0.05, 0.1) is 11.6 Å². The quantitative estimate of drug-likeness (QED) is 0.866. The molecular formula is C15H23NO. The highest BCUT2D eigenvalue weighted by molar-refractivity contribution is 5.48. The Morgan fingerprint density at radius 3 is 2.65 bits per heavy atom. The molecule has 1 fully saturated rings. The van der Waals surface area contributed by atoms with E-state index >= 15 is 0 Å². The van der Waals surface area contributed by atoms with E-state index in [1.54, 1.807) is 0 Å². The first-order valence-corrected chi connectivity index (χ1v) is 6.69. The molecule has 0 aromatic heterocycles. The highest BCUT2D eigenvalue weighted by atomic mass is 16.3. The molecule has 2 atom stereocenters. The Bertz CT molecular complexity index is 347. The Kier molecular flexibility index (Phi) is 3.72. The molecule has 1 saturated heterocycles. The molecule has 1 heterocycles. The molecule has 2 rings (SSSR count). The van der Waals surface area contributed by atoms with E-state index in [9.17, 15) is 5.11 Å². The first-order valence-electron chi connectivity index (χ1n) is 6.69. The summed E-state index contributed by atoms with van der Waals surface area (Å²) in [6, 6.07) is 10.7. The lowest BCUT2D eigenvalue weighted by molar-refractivity contribution is 0.0182. The van der Waals surface area contributed by atoms with Crippen LogP contribution in [0.25, 0.3) is 0 Å². The summed E-state index contributed by atoms with van der Waals surface area (Å²) in [5, 5.41) is 10.5. The van der Waals surface area contributed by atoms with Crippen molar-refractivity contribution in [2.45, 2.75) is 51.2 Å².